The third-order valence-corrected chi connectivity index (χ3v) is 2.68. The van der Waals surface area contributed by atoms with Gasteiger partial charge in [-0.1, -0.05) is 28.1 Å². The Balaban J connectivity index is 2.00. The van der Waals surface area contributed by atoms with Gasteiger partial charge in [0.1, 0.15) is 12.4 Å². The molecule has 0 unspecified atom stereocenters. The fourth-order valence-electron chi connectivity index (χ4n) is 1.33. The van der Waals surface area contributed by atoms with Crippen molar-refractivity contribution in [1.29, 1.82) is 0 Å². The van der Waals surface area contributed by atoms with E-state index < -0.39 is 4.92 Å². The molecule has 0 spiro atoms. The first-order chi connectivity index (χ1) is 8.65. The summed E-state index contributed by atoms with van der Waals surface area (Å²) in [5, 5.41) is 13.4. The van der Waals surface area contributed by atoms with E-state index in [2.05, 4.69) is 31.2 Å². The Hall–Kier alpha value is -2.02. The molecule has 0 aliphatic rings. The summed E-state index contributed by atoms with van der Waals surface area (Å²) in [4.78, 5) is 17.6. The normalized spacial score (nSPS) is 10.1. The molecule has 1 aromatic heterocycles. The largest absolute Gasteiger partial charge is 0.350 e. The highest BCUT2D eigenvalue weighted by Crippen LogP contribution is 2.13. The molecule has 0 fully saturated rings. The molecule has 92 valence electrons. The molecule has 0 amide bonds. The lowest BCUT2D eigenvalue weighted by Gasteiger charge is -2.04. The SMILES string of the molecule is O=[N+]([O-])c1cnc(NCc2cccc(Br)c2)nc1. The van der Waals surface area contributed by atoms with E-state index in [1.807, 2.05) is 24.3 Å². The predicted molar refractivity (Wildman–Crippen MR) is 70.2 cm³/mol. The Morgan fingerprint density at radius 1 is 1.33 bits per heavy atom. The maximum atomic E-state index is 10.4. The topological polar surface area (TPSA) is 81.0 Å². The van der Waals surface area contributed by atoms with Gasteiger partial charge in [-0.3, -0.25) is 10.1 Å². The molecule has 1 heterocycles. The molecule has 1 aromatic carbocycles. The van der Waals surface area contributed by atoms with Gasteiger partial charge < -0.3 is 5.32 Å². The van der Waals surface area contributed by atoms with Crippen LogP contribution in [0.2, 0.25) is 0 Å². The Labute approximate surface area is 111 Å². The lowest BCUT2D eigenvalue weighted by atomic mass is 10.2. The van der Waals surface area contributed by atoms with Gasteiger partial charge in [0.25, 0.3) is 0 Å². The van der Waals surface area contributed by atoms with Crippen molar-refractivity contribution in [1.82, 2.24) is 9.97 Å². The molecule has 2 aromatic rings. The van der Waals surface area contributed by atoms with E-state index in [1.165, 1.54) is 12.4 Å². The molecule has 0 aliphatic carbocycles. The van der Waals surface area contributed by atoms with Crippen molar-refractivity contribution < 1.29 is 4.92 Å². The van der Waals surface area contributed by atoms with Crippen LogP contribution < -0.4 is 5.32 Å². The van der Waals surface area contributed by atoms with Crippen LogP contribution in [0.3, 0.4) is 0 Å². The second-order valence-corrected chi connectivity index (χ2v) is 4.42. The highest BCUT2D eigenvalue weighted by Gasteiger charge is 2.06. The van der Waals surface area contributed by atoms with Crippen LogP contribution in [0, 0.1) is 10.1 Å². The number of aromatic nitrogens is 2. The smallest absolute Gasteiger partial charge is 0.305 e. The van der Waals surface area contributed by atoms with E-state index in [0.717, 1.165) is 10.0 Å². The van der Waals surface area contributed by atoms with Crippen molar-refractivity contribution in [2.45, 2.75) is 6.54 Å². The van der Waals surface area contributed by atoms with Crippen LogP contribution in [0.5, 0.6) is 0 Å². The van der Waals surface area contributed by atoms with Crippen molar-refractivity contribution in [3.8, 4) is 0 Å². The lowest BCUT2D eigenvalue weighted by Crippen LogP contribution is -2.03. The standard InChI is InChI=1S/C11H9BrN4O2/c12-9-3-1-2-8(4-9)5-13-11-14-6-10(7-15-11)16(17)18/h1-4,6-7H,5H2,(H,13,14,15). The number of anilines is 1. The molecule has 0 saturated carbocycles. The van der Waals surface area contributed by atoms with Crippen molar-refractivity contribution in [3.63, 3.8) is 0 Å². The average molecular weight is 309 g/mol. The molecule has 0 saturated heterocycles. The van der Waals surface area contributed by atoms with Crippen LogP contribution in [0.1, 0.15) is 5.56 Å². The van der Waals surface area contributed by atoms with Crippen molar-refractivity contribution in [2.24, 2.45) is 0 Å². The minimum atomic E-state index is -0.530. The fraction of sp³-hybridized carbons (Fsp3) is 0.0909. The Kier molecular flexibility index (Phi) is 3.83. The van der Waals surface area contributed by atoms with E-state index >= 15 is 0 Å². The summed E-state index contributed by atoms with van der Waals surface area (Å²) in [7, 11) is 0. The van der Waals surface area contributed by atoms with Gasteiger partial charge in [-0.25, -0.2) is 9.97 Å². The zero-order chi connectivity index (χ0) is 13.0. The summed E-state index contributed by atoms with van der Waals surface area (Å²) < 4.78 is 0.992. The first kappa shape index (κ1) is 12.4. The third-order valence-electron chi connectivity index (χ3n) is 2.19. The maximum absolute atomic E-state index is 10.4. The molecule has 0 aliphatic heterocycles. The molecule has 7 heteroatoms. The molecule has 0 radical (unpaired) electrons. The predicted octanol–water partition coefficient (Wildman–Crippen LogP) is 2.76. The minimum absolute atomic E-state index is 0.122. The quantitative estimate of drug-likeness (QED) is 0.694. The highest BCUT2D eigenvalue weighted by atomic mass is 79.9. The summed E-state index contributed by atoms with van der Waals surface area (Å²) in [6.07, 6.45) is 2.35. The Morgan fingerprint density at radius 2 is 2.06 bits per heavy atom. The summed E-state index contributed by atoms with van der Waals surface area (Å²) in [5.74, 6) is 0.362. The van der Waals surface area contributed by atoms with E-state index in [0.29, 0.717) is 12.5 Å². The van der Waals surface area contributed by atoms with Gasteiger partial charge >= 0.3 is 5.69 Å². The number of nitrogens with zero attached hydrogens (tertiary/aromatic N) is 3. The van der Waals surface area contributed by atoms with E-state index in [9.17, 15) is 10.1 Å². The van der Waals surface area contributed by atoms with Gasteiger partial charge in [-0.2, -0.15) is 0 Å². The Bertz CT molecular complexity index is 559. The summed E-state index contributed by atoms with van der Waals surface area (Å²) in [5.41, 5.74) is 0.939. The van der Waals surface area contributed by atoms with Crippen LogP contribution in [0.15, 0.2) is 41.1 Å². The number of nitrogens with one attached hydrogen (secondary N) is 1. The summed E-state index contributed by atoms with van der Waals surface area (Å²) in [6, 6.07) is 7.80. The lowest BCUT2D eigenvalue weighted by molar-refractivity contribution is -0.385. The number of hydrogen-bond donors (Lipinski definition) is 1. The second-order valence-electron chi connectivity index (χ2n) is 3.51. The van der Waals surface area contributed by atoms with Gasteiger partial charge in [-0.05, 0) is 17.7 Å². The number of nitro groups is 1. The van der Waals surface area contributed by atoms with E-state index in [4.69, 9.17) is 0 Å². The average Bonchev–Trinajstić information content (AvgIpc) is 2.37. The Morgan fingerprint density at radius 3 is 2.67 bits per heavy atom. The molecule has 2 rings (SSSR count). The molecule has 18 heavy (non-hydrogen) atoms. The number of hydrogen-bond acceptors (Lipinski definition) is 5. The summed E-state index contributed by atoms with van der Waals surface area (Å²) >= 11 is 3.38. The van der Waals surface area contributed by atoms with Gasteiger partial charge in [0, 0.05) is 11.0 Å². The molecule has 0 atom stereocenters. The molecule has 1 N–H and O–H groups in total. The minimum Gasteiger partial charge on any atom is -0.350 e. The molecular formula is C11H9BrN4O2. The van der Waals surface area contributed by atoms with Crippen LogP contribution in [0.25, 0.3) is 0 Å². The monoisotopic (exact) mass is 308 g/mol. The maximum Gasteiger partial charge on any atom is 0.305 e. The third kappa shape index (κ3) is 3.24. The number of halogens is 1. The van der Waals surface area contributed by atoms with Crippen LogP contribution >= 0.6 is 15.9 Å². The van der Waals surface area contributed by atoms with Crippen molar-refractivity contribution in [2.75, 3.05) is 5.32 Å². The van der Waals surface area contributed by atoms with Crippen LogP contribution in [-0.2, 0) is 6.54 Å². The number of rotatable bonds is 4. The second kappa shape index (κ2) is 5.54. The van der Waals surface area contributed by atoms with Crippen LogP contribution in [0.4, 0.5) is 11.6 Å². The molecule has 6 nitrogen and oxygen atoms in total. The molecular weight excluding hydrogens is 300 g/mol. The molecule has 0 bridgehead atoms. The van der Waals surface area contributed by atoms with Gasteiger partial charge in [-0.15, -0.1) is 0 Å². The fourth-order valence-corrected chi connectivity index (χ4v) is 1.78. The van der Waals surface area contributed by atoms with Crippen molar-refractivity contribution in [3.05, 3.63) is 56.8 Å². The van der Waals surface area contributed by atoms with Gasteiger partial charge in [0.05, 0.1) is 4.92 Å². The van der Waals surface area contributed by atoms with E-state index in [-0.39, 0.29) is 5.69 Å². The number of benzene rings is 1. The summed E-state index contributed by atoms with van der Waals surface area (Å²) in [6.45, 7) is 0.553. The van der Waals surface area contributed by atoms with E-state index in [1.54, 1.807) is 0 Å². The van der Waals surface area contributed by atoms with Crippen molar-refractivity contribution >= 4 is 27.6 Å². The first-order valence-electron chi connectivity index (χ1n) is 5.10. The first-order valence-corrected chi connectivity index (χ1v) is 5.89. The zero-order valence-corrected chi connectivity index (χ0v) is 10.8. The van der Waals surface area contributed by atoms with Gasteiger partial charge in [0.15, 0.2) is 0 Å². The van der Waals surface area contributed by atoms with Gasteiger partial charge in [0.2, 0.25) is 5.95 Å². The highest BCUT2D eigenvalue weighted by molar-refractivity contribution is 9.10. The van der Waals surface area contributed by atoms with Crippen LogP contribution in [-0.4, -0.2) is 14.9 Å². The zero-order valence-electron chi connectivity index (χ0n) is 9.21.